The maximum absolute atomic E-state index is 11.0. The summed E-state index contributed by atoms with van der Waals surface area (Å²) in [5.41, 5.74) is 8.25. The molecular weight excluding hydrogens is 274 g/mol. The van der Waals surface area contributed by atoms with Gasteiger partial charge in [0.05, 0.1) is 0 Å². The van der Waals surface area contributed by atoms with Crippen LogP contribution in [0, 0.1) is 23.2 Å². The minimum atomic E-state index is -0.280. The molecule has 0 saturated heterocycles. The second kappa shape index (κ2) is 5.09. The molecule has 4 bridgehead atoms. The summed E-state index contributed by atoms with van der Waals surface area (Å²) >= 11 is 0. The van der Waals surface area contributed by atoms with Crippen molar-refractivity contribution in [3.8, 4) is 5.75 Å². The predicted octanol–water partition coefficient (Wildman–Crippen LogP) is 3.83. The van der Waals surface area contributed by atoms with Crippen molar-refractivity contribution in [3.05, 3.63) is 29.8 Å². The van der Waals surface area contributed by atoms with Crippen LogP contribution in [0.5, 0.6) is 5.75 Å². The molecule has 0 spiro atoms. The maximum atomic E-state index is 11.0. The molecule has 1 aromatic rings. The highest BCUT2D eigenvalue weighted by molar-refractivity contribution is 5.69. The number of nitrogens with two attached hydrogens (primary N) is 1. The third-order valence-corrected chi connectivity index (χ3v) is 6.25. The average Bonchev–Trinajstić information content (AvgIpc) is 2.45. The Bertz CT molecular complexity index is 542. The van der Waals surface area contributed by atoms with Gasteiger partial charge in [-0.15, -0.1) is 0 Å². The Labute approximate surface area is 132 Å². The molecule has 0 amide bonds. The molecule has 1 atom stereocenters. The number of rotatable bonds is 3. The molecule has 0 aromatic heterocycles. The number of carbonyl (C=O) groups excluding carboxylic acids is 1. The molecule has 2 N–H and O–H groups in total. The van der Waals surface area contributed by atoms with E-state index in [0.717, 1.165) is 17.8 Å². The van der Waals surface area contributed by atoms with E-state index in [9.17, 15) is 4.79 Å². The van der Waals surface area contributed by atoms with Crippen LogP contribution < -0.4 is 10.5 Å². The number of ether oxygens (including phenoxy) is 1. The maximum Gasteiger partial charge on any atom is 0.308 e. The fraction of sp³-hybridized carbons (Fsp3) is 0.632. The van der Waals surface area contributed by atoms with E-state index in [1.54, 1.807) is 0 Å². The van der Waals surface area contributed by atoms with E-state index in [1.807, 2.05) is 24.3 Å². The highest BCUT2D eigenvalue weighted by Crippen LogP contribution is 2.63. The lowest BCUT2D eigenvalue weighted by molar-refractivity contribution is -0.131. The van der Waals surface area contributed by atoms with Crippen LogP contribution in [-0.2, 0) is 4.79 Å². The number of benzene rings is 1. The third-order valence-electron chi connectivity index (χ3n) is 6.25. The quantitative estimate of drug-likeness (QED) is 0.681. The lowest BCUT2D eigenvalue weighted by Gasteiger charge is -2.59. The zero-order valence-electron chi connectivity index (χ0n) is 13.3. The minimum Gasteiger partial charge on any atom is -0.427 e. The number of esters is 1. The van der Waals surface area contributed by atoms with Crippen LogP contribution in [0.3, 0.4) is 0 Å². The van der Waals surface area contributed by atoms with Crippen LogP contribution in [-0.4, -0.2) is 5.97 Å². The first-order valence-corrected chi connectivity index (χ1v) is 8.58. The number of hydrogen-bond donors (Lipinski definition) is 1. The first-order chi connectivity index (χ1) is 10.5. The predicted molar refractivity (Wildman–Crippen MR) is 85.3 cm³/mol. The zero-order chi connectivity index (χ0) is 15.3. The normalized spacial score (nSPS) is 37.1. The fourth-order valence-corrected chi connectivity index (χ4v) is 5.82. The van der Waals surface area contributed by atoms with Crippen molar-refractivity contribution in [2.45, 2.75) is 51.5 Å². The van der Waals surface area contributed by atoms with Gasteiger partial charge in [-0.2, -0.15) is 0 Å². The van der Waals surface area contributed by atoms with Crippen molar-refractivity contribution in [2.24, 2.45) is 28.9 Å². The van der Waals surface area contributed by atoms with Crippen molar-refractivity contribution in [1.29, 1.82) is 0 Å². The summed E-state index contributed by atoms with van der Waals surface area (Å²) in [7, 11) is 0. The highest BCUT2D eigenvalue weighted by atomic mass is 16.5. The van der Waals surface area contributed by atoms with Gasteiger partial charge in [0, 0.05) is 13.0 Å². The number of hydrogen-bond acceptors (Lipinski definition) is 3. The summed E-state index contributed by atoms with van der Waals surface area (Å²) in [4.78, 5) is 11.0. The molecule has 22 heavy (non-hydrogen) atoms. The molecule has 1 aromatic carbocycles. The van der Waals surface area contributed by atoms with Crippen molar-refractivity contribution in [1.82, 2.24) is 0 Å². The Morgan fingerprint density at radius 3 is 2.05 bits per heavy atom. The molecule has 3 heteroatoms. The van der Waals surface area contributed by atoms with Gasteiger partial charge in [-0.05, 0) is 79.4 Å². The van der Waals surface area contributed by atoms with E-state index >= 15 is 0 Å². The van der Waals surface area contributed by atoms with E-state index < -0.39 is 0 Å². The molecule has 0 heterocycles. The van der Waals surface area contributed by atoms with Gasteiger partial charge < -0.3 is 10.5 Å². The average molecular weight is 299 g/mol. The van der Waals surface area contributed by atoms with Gasteiger partial charge in [-0.1, -0.05) is 12.1 Å². The van der Waals surface area contributed by atoms with Gasteiger partial charge in [-0.3, -0.25) is 4.79 Å². The van der Waals surface area contributed by atoms with E-state index in [4.69, 9.17) is 10.5 Å². The first kappa shape index (κ1) is 14.3. The van der Waals surface area contributed by atoms with E-state index in [-0.39, 0.29) is 12.0 Å². The number of carbonyl (C=O) groups is 1. The molecule has 0 radical (unpaired) electrons. The van der Waals surface area contributed by atoms with Crippen molar-refractivity contribution in [2.75, 3.05) is 0 Å². The third kappa shape index (κ3) is 2.36. The lowest BCUT2D eigenvalue weighted by Crippen LogP contribution is -2.50. The Morgan fingerprint density at radius 1 is 1.09 bits per heavy atom. The van der Waals surface area contributed by atoms with Gasteiger partial charge in [0.1, 0.15) is 5.75 Å². The molecule has 118 valence electrons. The highest BCUT2D eigenvalue weighted by Gasteiger charge is 2.53. The van der Waals surface area contributed by atoms with Crippen LogP contribution in [0.1, 0.15) is 57.1 Å². The van der Waals surface area contributed by atoms with E-state index in [2.05, 4.69) is 0 Å². The van der Waals surface area contributed by atoms with Crippen molar-refractivity contribution in [3.63, 3.8) is 0 Å². The lowest BCUT2D eigenvalue weighted by atomic mass is 9.47. The summed E-state index contributed by atoms with van der Waals surface area (Å²) in [6.07, 6.45) is 8.26. The van der Waals surface area contributed by atoms with Crippen molar-refractivity contribution >= 4 is 5.97 Å². The second-order valence-electron chi connectivity index (χ2n) is 7.92. The molecule has 0 aliphatic heterocycles. The molecule has 1 unspecified atom stereocenters. The second-order valence-corrected chi connectivity index (χ2v) is 7.92. The van der Waals surface area contributed by atoms with Crippen LogP contribution in [0.4, 0.5) is 0 Å². The molecular formula is C19H25NO2. The summed E-state index contributed by atoms with van der Waals surface area (Å²) in [5.74, 6) is 3.07. The Hall–Kier alpha value is -1.35. The fourth-order valence-electron chi connectivity index (χ4n) is 5.82. The monoisotopic (exact) mass is 299 g/mol. The van der Waals surface area contributed by atoms with Gasteiger partial charge in [0.15, 0.2) is 0 Å². The summed E-state index contributed by atoms with van der Waals surface area (Å²) in [5, 5.41) is 0. The smallest absolute Gasteiger partial charge is 0.308 e. The van der Waals surface area contributed by atoms with Gasteiger partial charge >= 0.3 is 5.97 Å². The molecule has 4 saturated carbocycles. The topological polar surface area (TPSA) is 52.3 Å². The molecule has 4 fully saturated rings. The van der Waals surface area contributed by atoms with E-state index in [0.29, 0.717) is 11.2 Å². The van der Waals surface area contributed by atoms with Gasteiger partial charge in [-0.25, -0.2) is 0 Å². The SMILES string of the molecule is CC(=O)Oc1ccc(C(N)C23CC4CC(CC(C4)C2)C3)cc1. The van der Waals surface area contributed by atoms with Crippen LogP contribution >= 0.6 is 0 Å². The zero-order valence-corrected chi connectivity index (χ0v) is 13.3. The van der Waals surface area contributed by atoms with Crippen molar-refractivity contribution < 1.29 is 9.53 Å². The first-order valence-electron chi connectivity index (χ1n) is 8.58. The minimum absolute atomic E-state index is 0.118. The van der Waals surface area contributed by atoms with Crippen LogP contribution in [0.15, 0.2) is 24.3 Å². The van der Waals surface area contributed by atoms with Gasteiger partial charge in [0.2, 0.25) is 0 Å². The van der Waals surface area contributed by atoms with E-state index in [1.165, 1.54) is 51.0 Å². The largest absolute Gasteiger partial charge is 0.427 e. The summed E-state index contributed by atoms with van der Waals surface area (Å²) in [6.45, 7) is 1.43. The molecule has 4 aliphatic carbocycles. The van der Waals surface area contributed by atoms with Crippen LogP contribution in [0.25, 0.3) is 0 Å². The van der Waals surface area contributed by atoms with Gasteiger partial charge in [0.25, 0.3) is 0 Å². The molecule has 4 aliphatic rings. The Balaban J connectivity index is 1.56. The van der Waals surface area contributed by atoms with Crippen LogP contribution in [0.2, 0.25) is 0 Å². The Kier molecular flexibility index (Phi) is 3.30. The summed E-state index contributed by atoms with van der Waals surface area (Å²) in [6, 6.07) is 7.95. The standard InChI is InChI=1S/C19H25NO2/c1-12(21)22-17-4-2-16(3-5-17)18(20)19-9-13-6-14(10-19)8-15(7-13)11-19/h2-5,13-15,18H,6-11,20H2,1H3. The molecule has 3 nitrogen and oxygen atoms in total. The Morgan fingerprint density at radius 2 is 1.59 bits per heavy atom. The summed E-state index contributed by atoms with van der Waals surface area (Å²) < 4.78 is 5.12. The molecule has 5 rings (SSSR count).